The Kier molecular flexibility index (Phi) is 4.29. The molecular weight excluding hydrogens is 230 g/mol. The van der Waals surface area contributed by atoms with E-state index in [1.54, 1.807) is 0 Å². The number of nitrogens with zero attached hydrogens (tertiary/aromatic N) is 4. The third-order valence-electron chi connectivity index (χ3n) is 3.66. The molecule has 0 spiro atoms. The van der Waals surface area contributed by atoms with Crippen LogP contribution in [0.2, 0.25) is 0 Å². The first-order valence-corrected chi connectivity index (χ1v) is 6.77. The van der Waals surface area contributed by atoms with Crippen LogP contribution in [0.4, 0.5) is 0 Å². The average molecular weight is 253 g/mol. The van der Waals surface area contributed by atoms with Gasteiger partial charge in [-0.15, -0.1) is 5.10 Å². The summed E-state index contributed by atoms with van der Waals surface area (Å²) in [6, 6.07) is 0.180. The number of rotatable bonds is 5. The van der Waals surface area contributed by atoms with Crippen molar-refractivity contribution < 1.29 is 4.74 Å². The van der Waals surface area contributed by atoms with Crippen molar-refractivity contribution in [1.29, 1.82) is 0 Å². The van der Waals surface area contributed by atoms with Crippen LogP contribution < -0.4 is 5.32 Å². The Bertz CT molecular complexity index is 372. The predicted molar refractivity (Wildman–Crippen MR) is 68.2 cm³/mol. The van der Waals surface area contributed by atoms with E-state index in [1.165, 1.54) is 0 Å². The van der Waals surface area contributed by atoms with E-state index in [1.807, 2.05) is 4.68 Å². The van der Waals surface area contributed by atoms with Crippen LogP contribution in [0.5, 0.6) is 0 Å². The summed E-state index contributed by atoms with van der Waals surface area (Å²) in [6.45, 7) is 9.03. The van der Waals surface area contributed by atoms with Gasteiger partial charge >= 0.3 is 0 Å². The average Bonchev–Trinajstić information content (AvgIpc) is 2.87. The molecule has 18 heavy (non-hydrogen) atoms. The summed E-state index contributed by atoms with van der Waals surface area (Å²) in [5.41, 5.74) is -0.0146. The van der Waals surface area contributed by atoms with E-state index in [9.17, 15) is 0 Å². The third-order valence-corrected chi connectivity index (χ3v) is 3.66. The topological polar surface area (TPSA) is 64.9 Å². The monoisotopic (exact) mass is 253 g/mol. The fourth-order valence-corrected chi connectivity index (χ4v) is 2.32. The second kappa shape index (κ2) is 5.75. The Balaban J connectivity index is 2.15. The van der Waals surface area contributed by atoms with Crippen LogP contribution in [0.1, 0.15) is 51.9 Å². The Hall–Kier alpha value is -1.01. The fourth-order valence-electron chi connectivity index (χ4n) is 2.32. The van der Waals surface area contributed by atoms with Crippen LogP contribution in [0.15, 0.2) is 0 Å². The zero-order chi connectivity index (χ0) is 13.0. The minimum atomic E-state index is -0.0146. The number of hydrogen-bond acceptors (Lipinski definition) is 5. The van der Waals surface area contributed by atoms with E-state index in [0.717, 1.165) is 44.8 Å². The van der Waals surface area contributed by atoms with Gasteiger partial charge in [0.25, 0.3) is 0 Å². The van der Waals surface area contributed by atoms with Crippen LogP contribution in [-0.4, -0.2) is 40.0 Å². The summed E-state index contributed by atoms with van der Waals surface area (Å²) in [5, 5.41) is 15.7. The van der Waals surface area contributed by atoms with Crippen LogP contribution in [0, 0.1) is 0 Å². The molecule has 0 radical (unpaired) electrons. The van der Waals surface area contributed by atoms with E-state index >= 15 is 0 Å². The highest BCUT2D eigenvalue weighted by molar-refractivity contribution is 4.96. The molecule has 6 heteroatoms. The lowest BCUT2D eigenvalue weighted by molar-refractivity contribution is 0.0212. The lowest BCUT2D eigenvalue weighted by Crippen LogP contribution is -2.40. The van der Waals surface area contributed by atoms with Gasteiger partial charge in [-0.1, -0.05) is 6.92 Å². The van der Waals surface area contributed by atoms with Gasteiger partial charge in [0, 0.05) is 13.2 Å². The highest BCUT2D eigenvalue weighted by Crippen LogP contribution is 2.29. The maximum absolute atomic E-state index is 5.43. The lowest BCUT2D eigenvalue weighted by Gasteiger charge is -2.34. The predicted octanol–water partition coefficient (Wildman–Crippen LogP) is 1.26. The largest absolute Gasteiger partial charge is 0.381 e. The first-order chi connectivity index (χ1) is 8.67. The molecule has 1 saturated heterocycles. The van der Waals surface area contributed by atoms with Crippen LogP contribution in [-0.2, 0) is 10.3 Å². The maximum atomic E-state index is 5.43. The number of hydrogen-bond donors (Lipinski definition) is 1. The lowest BCUT2D eigenvalue weighted by atomic mass is 9.92. The molecule has 2 heterocycles. The summed E-state index contributed by atoms with van der Waals surface area (Å²) in [6.07, 6.45) is 3.04. The minimum Gasteiger partial charge on any atom is -0.381 e. The molecule has 102 valence electrons. The number of nitrogens with one attached hydrogen (secondary N) is 1. The minimum absolute atomic E-state index is 0.0146. The Morgan fingerprint density at radius 3 is 2.83 bits per heavy atom. The molecule has 1 N–H and O–H groups in total. The SMILES string of the molecule is CCCNC(C)c1nnnn1C1(C)CCOCC1. The Morgan fingerprint density at radius 1 is 1.44 bits per heavy atom. The standard InChI is InChI=1S/C12H23N5O/c1-4-7-13-10(2)11-14-15-16-17(11)12(3)5-8-18-9-6-12/h10,13H,4-9H2,1-3H3. The van der Waals surface area contributed by atoms with Gasteiger partial charge in [0.1, 0.15) is 0 Å². The van der Waals surface area contributed by atoms with Crippen molar-refractivity contribution in [2.75, 3.05) is 19.8 Å². The molecule has 0 aliphatic carbocycles. The molecular formula is C12H23N5O. The molecule has 2 rings (SSSR count). The van der Waals surface area contributed by atoms with Gasteiger partial charge in [0.05, 0.1) is 11.6 Å². The molecule has 0 aromatic carbocycles. The number of ether oxygens (including phenoxy) is 1. The van der Waals surface area contributed by atoms with Crippen molar-refractivity contribution in [1.82, 2.24) is 25.5 Å². The summed E-state index contributed by atoms with van der Waals surface area (Å²) in [4.78, 5) is 0. The van der Waals surface area contributed by atoms with Crippen LogP contribution >= 0.6 is 0 Å². The molecule has 1 aliphatic heterocycles. The van der Waals surface area contributed by atoms with E-state index in [2.05, 4.69) is 41.6 Å². The smallest absolute Gasteiger partial charge is 0.168 e. The van der Waals surface area contributed by atoms with E-state index < -0.39 is 0 Å². The molecule has 1 aromatic rings. The third kappa shape index (κ3) is 2.70. The van der Waals surface area contributed by atoms with Gasteiger partial charge in [0.15, 0.2) is 5.82 Å². The Labute approximate surface area is 108 Å². The maximum Gasteiger partial charge on any atom is 0.168 e. The van der Waals surface area contributed by atoms with Gasteiger partial charge in [-0.05, 0) is 50.1 Å². The first-order valence-electron chi connectivity index (χ1n) is 6.77. The molecule has 1 atom stereocenters. The van der Waals surface area contributed by atoms with Crippen LogP contribution in [0.25, 0.3) is 0 Å². The van der Waals surface area contributed by atoms with E-state index in [-0.39, 0.29) is 11.6 Å². The molecule has 6 nitrogen and oxygen atoms in total. The summed E-state index contributed by atoms with van der Waals surface area (Å²) < 4.78 is 7.42. The highest BCUT2D eigenvalue weighted by atomic mass is 16.5. The summed E-state index contributed by atoms with van der Waals surface area (Å²) in [5.74, 6) is 0.924. The van der Waals surface area contributed by atoms with Crippen molar-refractivity contribution in [2.45, 2.75) is 51.6 Å². The number of aromatic nitrogens is 4. The van der Waals surface area contributed by atoms with Crippen molar-refractivity contribution >= 4 is 0 Å². The van der Waals surface area contributed by atoms with E-state index in [0.29, 0.717) is 0 Å². The molecule has 1 fully saturated rings. The zero-order valence-electron chi connectivity index (χ0n) is 11.5. The molecule has 0 saturated carbocycles. The zero-order valence-corrected chi connectivity index (χ0v) is 11.5. The summed E-state index contributed by atoms with van der Waals surface area (Å²) in [7, 11) is 0. The van der Waals surface area contributed by atoms with Crippen molar-refractivity contribution in [3.63, 3.8) is 0 Å². The van der Waals surface area contributed by atoms with Gasteiger partial charge in [0.2, 0.25) is 0 Å². The van der Waals surface area contributed by atoms with Gasteiger partial charge in [-0.2, -0.15) is 0 Å². The fraction of sp³-hybridized carbons (Fsp3) is 0.917. The van der Waals surface area contributed by atoms with Crippen molar-refractivity contribution in [3.05, 3.63) is 5.82 Å². The van der Waals surface area contributed by atoms with Gasteiger partial charge in [-0.25, -0.2) is 4.68 Å². The van der Waals surface area contributed by atoms with Crippen molar-refractivity contribution in [2.24, 2.45) is 0 Å². The van der Waals surface area contributed by atoms with Gasteiger partial charge < -0.3 is 10.1 Å². The molecule has 1 aromatic heterocycles. The molecule has 1 unspecified atom stereocenters. The van der Waals surface area contributed by atoms with E-state index in [4.69, 9.17) is 4.74 Å². The van der Waals surface area contributed by atoms with Gasteiger partial charge in [-0.3, -0.25) is 0 Å². The second-order valence-corrected chi connectivity index (χ2v) is 5.23. The second-order valence-electron chi connectivity index (χ2n) is 5.23. The molecule has 1 aliphatic rings. The highest BCUT2D eigenvalue weighted by Gasteiger charge is 2.33. The normalized spacial score (nSPS) is 20.8. The molecule has 0 bridgehead atoms. The quantitative estimate of drug-likeness (QED) is 0.856. The summed E-state index contributed by atoms with van der Waals surface area (Å²) >= 11 is 0. The van der Waals surface area contributed by atoms with Crippen LogP contribution in [0.3, 0.4) is 0 Å². The number of tetrazole rings is 1. The first kappa shape index (κ1) is 13.4. The Morgan fingerprint density at radius 2 is 2.17 bits per heavy atom. The molecule has 0 amide bonds. The van der Waals surface area contributed by atoms with Crippen molar-refractivity contribution in [3.8, 4) is 0 Å².